The first-order chi connectivity index (χ1) is 27.3. The number of halogens is 3. The fourth-order valence-electron chi connectivity index (χ4n) is 9.08. The summed E-state index contributed by atoms with van der Waals surface area (Å²) >= 11 is 0. The molecule has 11 nitrogen and oxygen atoms in total. The Morgan fingerprint density at radius 2 is 1.65 bits per heavy atom. The number of amides is 4. The molecule has 4 fully saturated rings. The third kappa shape index (κ3) is 7.76. The van der Waals surface area contributed by atoms with Crippen LogP contribution in [0.15, 0.2) is 85.4 Å². The highest BCUT2D eigenvalue weighted by Crippen LogP contribution is 2.53. The number of likely N-dealkylation sites (N-methyl/N-ethyl adjacent to an activating group) is 1. The van der Waals surface area contributed by atoms with Crippen LogP contribution in [-0.2, 0) is 25.3 Å². The van der Waals surface area contributed by atoms with Gasteiger partial charge in [-0.15, -0.1) is 0 Å². The van der Waals surface area contributed by atoms with Crippen LogP contribution in [0.1, 0.15) is 79.8 Å². The number of carbonyl (C=O) groups is 4. The van der Waals surface area contributed by atoms with E-state index in [1.807, 2.05) is 35.3 Å². The Balaban J connectivity index is 1.24. The molecule has 4 aliphatic rings. The monoisotopic (exact) mass is 786 g/mol. The first-order valence-electron chi connectivity index (χ1n) is 19.6. The van der Waals surface area contributed by atoms with E-state index in [-0.39, 0.29) is 12.3 Å². The smallest absolute Gasteiger partial charge is 0.416 e. The van der Waals surface area contributed by atoms with Crippen molar-refractivity contribution in [3.8, 4) is 0 Å². The number of anilines is 1. The number of carbonyl (C=O) groups excluding carboxylic acids is 4. The number of hydrazine groups is 1. The summed E-state index contributed by atoms with van der Waals surface area (Å²) in [7, 11) is 1.33. The van der Waals surface area contributed by atoms with Crippen LogP contribution in [0.3, 0.4) is 0 Å². The van der Waals surface area contributed by atoms with Crippen LogP contribution in [0.25, 0.3) is 6.08 Å². The van der Waals surface area contributed by atoms with Crippen molar-refractivity contribution >= 4 is 35.6 Å². The minimum atomic E-state index is -4.67. The molecule has 3 aromatic rings. The molecule has 1 N–H and O–H groups in total. The molecule has 0 aliphatic carbocycles. The van der Waals surface area contributed by atoms with Crippen molar-refractivity contribution in [2.24, 2.45) is 0 Å². The van der Waals surface area contributed by atoms with Crippen molar-refractivity contribution in [1.29, 1.82) is 0 Å². The zero-order valence-electron chi connectivity index (χ0n) is 32.3. The number of ether oxygens (including phenoxy) is 1. The molecule has 0 bridgehead atoms. The number of nitrogens with zero attached hydrogens (tertiary/aromatic N) is 5. The molecule has 4 atom stereocenters. The quantitative estimate of drug-likeness (QED) is 0.219. The largest absolute Gasteiger partial charge is 0.447 e. The molecule has 57 heavy (non-hydrogen) atoms. The number of piperidine rings is 2. The van der Waals surface area contributed by atoms with Gasteiger partial charge in [-0.2, -0.15) is 13.2 Å². The number of hydrogen-bond donors (Lipinski definition) is 1. The second kappa shape index (κ2) is 16.3. The number of alkyl halides is 3. The molecule has 7 rings (SSSR count). The van der Waals surface area contributed by atoms with Crippen molar-refractivity contribution in [2.75, 3.05) is 44.7 Å². The van der Waals surface area contributed by atoms with Crippen LogP contribution < -0.4 is 10.3 Å². The van der Waals surface area contributed by atoms with Gasteiger partial charge < -0.3 is 19.4 Å². The molecule has 4 heterocycles. The maximum Gasteiger partial charge on any atom is 0.416 e. The summed E-state index contributed by atoms with van der Waals surface area (Å²) in [6.45, 7) is 8.93. The van der Waals surface area contributed by atoms with Crippen molar-refractivity contribution in [1.82, 2.24) is 25.1 Å². The molecule has 0 spiro atoms. The highest BCUT2D eigenvalue weighted by Gasteiger charge is 2.68. The predicted octanol–water partition coefficient (Wildman–Crippen LogP) is 6.59. The van der Waals surface area contributed by atoms with E-state index in [0.717, 1.165) is 48.5 Å². The van der Waals surface area contributed by atoms with Gasteiger partial charge >= 0.3 is 12.3 Å². The summed E-state index contributed by atoms with van der Waals surface area (Å²) in [5, 5.41) is 1.83. The third-order valence-corrected chi connectivity index (χ3v) is 12.1. The molecule has 0 unspecified atom stereocenters. The average Bonchev–Trinajstić information content (AvgIpc) is 3.63. The van der Waals surface area contributed by atoms with E-state index in [9.17, 15) is 27.6 Å². The number of β-lactam (4-membered cyclic amide) rings is 1. The third-order valence-electron chi connectivity index (χ3n) is 12.1. The first-order valence-corrected chi connectivity index (χ1v) is 19.6. The van der Waals surface area contributed by atoms with Crippen molar-refractivity contribution in [3.63, 3.8) is 0 Å². The Labute approximate surface area is 331 Å². The highest BCUT2D eigenvalue weighted by molar-refractivity contribution is 6.06. The van der Waals surface area contributed by atoms with Gasteiger partial charge in [0.05, 0.1) is 24.1 Å². The topological polar surface area (TPSA) is 106 Å². The van der Waals surface area contributed by atoms with Crippen LogP contribution >= 0.6 is 0 Å². The fourth-order valence-corrected chi connectivity index (χ4v) is 9.08. The Hall–Kier alpha value is -5.21. The van der Waals surface area contributed by atoms with Crippen LogP contribution in [0, 0.1) is 0 Å². The molecule has 4 aliphatic heterocycles. The van der Waals surface area contributed by atoms with Gasteiger partial charge in [-0.05, 0) is 80.6 Å². The second-order valence-corrected chi connectivity index (χ2v) is 15.5. The van der Waals surface area contributed by atoms with Gasteiger partial charge in [-0.25, -0.2) is 9.80 Å². The van der Waals surface area contributed by atoms with Gasteiger partial charge in [0, 0.05) is 31.9 Å². The minimum absolute atomic E-state index is 0.0148. The lowest BCUT2D eigenvalue weighted by atomic mass is 9.71. The van der Waals surface area contributed by atoms with Crippen LogP contribution in [0.2, 0.25) is 0 Å². The molecular formula is C43H49F3N6O5. The molecular weight excluding hydrogens is 738 g/mol. The van der Waals surface area contributed by atoms with Gasteiger partial charge in [-0.1, -0.05) is 79.7 Å². The standard InChI is InChI=1S/C43H49F3N6O5/c1-4-29-14-9-10-19-34(29)38-42(2,52-36(28-57-41(52)56)30-15-7-5-8-16-30)40(55)51(38)35(39(54)48(3)33-18-13-17-31(26-33)43(44,45)46)27-37(53)47-50-24-20-32(21-25-50)49-22-11-6-12-23-49/h4-5,7-10,13-19,26,32,35-36,38H,1,6,11-12,20-25,27-28H2,2-3H3,(H,47,53)/t35-,36-,38-,42+/m1/s1. The lowest BCUT2D eigenvalue weighted by Gasteiger charge is -2.60. The summed E-state index contributed by atoms with van der Waals surface area (Å²) in [6.07, 6.45) is 1.05. The van der Waals surface area contributed by atoms with Gasteiger partial charge in [0.1, 0.15) is 18.2 Å². The molecule has 0 radical (unpaired) electrons. The molecule has 0 aromatic heterocycles. The second-order valence-electron chi connectivity index (χ2n) is 15.5. The lowest BCUT2D eigenvalue weighted by molar-refractivity contribution is -0.182. The van der Waals surface area contributed by atoms with E-state index in [0.29, 0.717) is 30.3 Å². The van der Waals surface area contributed by atoms with E-state index < -0.39 is 65.6 Å². The van der Waals surface area contributed by atoms with Gasteiger partial charge in [0.25, 0.3) is 5.91 Å². The molecule has 14 heteroatoms. The Morgan fingerprint density at radius 3 is 2.33 bits per heavy atom. The number of rotatable bonds is 11. The van der Waals surface area contributed by atoms with E-state index in [4.69, 9.17) is 4.74 Å². The Bertz CT molecular complexity index is 1980. The van der Waals surface area contributed by atoms with Crippen LogP contribution in [-0.4, -0.2) is 101 Å². The van der Waals surface area contributed by atoms with Gasteiger partial charge in [-0.3, -0.25) is 24.7 Å². The lowest BCUT2D eigenvalue weighted by Crippen LogP contribution is -2.77. The summed E-state index contributed by atoms with van der Waals surface area (Å²) < 4.78 is 47.0. The SMILES string of the molecule is C=Cc1ccccc1[C@H]1N([C@H](CC(=O)NN2CCC(N3CCCCC3)CC2)C(=O)N(C)c2cccc(C(F)(F)F)c2)C(=O)[C@@]1(C)N1C(=O)OC[C@@H]1c1ccccc1. The molecule has 0 saturated carbocycles. The minimum Gasteiger partial charge on any atom is -0.447 e. The maximum absolute atomic E-state index is 15.0. The number of hydrogen-bond acceptors (Lipinski definition) is 7. The van der Waals surface area contributed by atoms with Crippen molar-refractivity contribution in [2.45, 2.75) is 81.3 Å². The molecule has 3 aromatic carbocycles. The molecule has 302 valence electrons. The fraction of sp³-hybridized carbons (Fsp3) is 0.442. The Kier molecular flexibility index (Phi) is 11.5. The zero-order valence-corrected chi connectivity index (χ0v) is 32.3. The van der Waals surface area contributed by atoms with E-state index in [1.165, 1.54) is 48.2 Å². The molecule has 4 amide bonds. The van der Waals surface area contributed by atoms with Crippen LogP contribution in [0.5, 0.6) is 0 Å². The van der Waals surface area contributed by atoms with Gasteiger partial charge in [0.15, 0.2) is 0 Å². The first kappa shape index (κ1) is 40.0. The number of likely N-dealkylation sites (tertiary alicyclic amines) is 2. The normalized spacial score (nSPS) is 24.1. The van der Waals surface area contributed by atoms with Crippen molar-refractivity contribution in [3.05, 3.63) is 108 Å². The predicted molar refractivity (Wildman–Crippen MR) is 208 cm³/mol. The zero-order chi connectivity index (χ0) is 40.5. The average molecular weight is 787 g/mol. The van der Waals surface area contributed by atoms with E-state index in [2.05, 4.69) is 16.9 Å². The van der Waals surface area contributed by atoms with E-state index in [1.54, 1.807) is 37.3 Å². The number of benzene rings is 3. The van der Waals surface area contributed by atoms with Crippen molar-refractivity contribution < 1.29 is 37.1 Å². The summed E-state index contributed by atoms with van der Waals surface area (Å²) in [6, 6.07) is 18.0. The Morgan fingerprint density at radius 1 is 0.965 bits per heavy atom. The molecule has 4 saturated heterocycles. The number of cyclic esters (lactones) is 1. The summed E-state index contributed by atoms with van der Waals surface area (Å²) in [4.78, 5) is 63.8. The van der Waals surface area contributed by atoms with Gasteiger partial charge in [0.2, 0.25) is 11.8 Å². The summed E-state index contributed by atoms with van der Waals surface area (Å²) in [5.41, 5.74) is 2.29. The maximum atomic E-state index is 15.0. The number of nitrogens with one attached hydrogen (secondary N) is 1. The van der Waals surface area contributed by atoms with E-state index >= 15 is 4.79 Å². The highest BCUT2D eigenvalue weighted by atomic mass is 19.4. The summed E-state index contributed by atoms with van der Waals surface area (Å²) in [5.74, 6) is -1.91. The van der Waals surface area contributed by atoms with Crippen LogP contribution in [0.4, 0.5) is 23.7 Å².